The van der Waals surface area contributed by atoms with Crippen molar-refractivity contribution < 1.29 is 13.9 Å². The summed E-state index contributed by atoms with van der Waals surface area (Å²) in [6.07, 6.45) is 5.30. The van der Waals surface area contributed by atoms with E-state index in [1.165, 1.54) is 5.56 Å². The fraction of sp³-hybridized carbons (Fsp3) is 0.636. The Morgan fingerprint density at radius 3 is 2.46 bits per heavy atom. The predicted molar refractivity (Wildman–Crippen MR) is 111 cm³/mol. The Morgan fingerprint density at radius 2 is 1.85 bits per heavy atom. The molecule has 4 heteroatoms. The summed E-state index contributed by atoms with van der Waals surface area (Å²) >= 11 is 0. The summed E-state index contributed by atoms with van der Waals surface area (Å²) in [5.74, 6) is 1.13. The van der Waals surface area contributed by atoms with Crippen molar-refractivity contribution in [1.29, 1.82) is 0 Å². The smallest absolute Gasteiger partial charge is 0.250 e. The molecule has 1 aromatic rings. The van der Waals surface area contributed by atoms with Crippen molar-refractivity contribution in [3.63, 3.8) is 0 Å². The average molecular weight is 377 g/mol. The van der Waals surface area contributed by atoms with Gasteiger partial charge in [0.2, 0.25) is 8.32 Å². The second-order valence-electron chi connectivity index (χ2n) is 8.73. The van der Waals surface area contributed by atoms with E-state index in [0.717, 1.165) is 25.0 Å². The second-order valence-corrected chi connectivity index (χ2v) is 13.5. The third-order valence-electron chi connectivity index (χ3n) is 5.47. The van der Waals surface area contributed by atoms with Crippen molar-refractivity contribution in [2.24, 2.45) is 0 Å². The molecule has 0 N–H and O–H groups in total. The molecule has 0 fully saturated rings. The molecule has 26 heavy (non-hydrogen) atoms. The van der Waals surface area contributed by atoms with Crippen LogP contribution in [0.25, 0.3) is 0 Å². The van der Waals surface area contributed by atoms with E-state index in [1.807, 2.05) is 18.2 Å². The van der Waals surface area contributed by atoms with Crippen molar-refractivity contribution in [3.05, 3.63) is 47.7 Å². The van der Waals surface area contributed by atoms with Crippen LogP contribution in [0.15, 0.2) is 42.2 Å². The molecule has 2 rings (SSSR count). The van der Waals surface area contributed by atoms with Crippen LogP contribution in [0.3, 0.4) is 0 Å². The van der Waals surface area contributed by atoms with Crippen LogP contribution in [0.4, 0.5) is 0 Å². The van der Waals surface area contributed by atoms with Gasteiger partial charge >= 0.3 is 0 Å². The summed E-state index contributed by atoms with van der Waals surface area (Å²) < 4.78 is 18.6. The molecule has 0 radical (unpaired) electrons. The minimum Gasteiger partial charge on any atom is -0.547 e. The first-order valence-corrected chi connectivity index (χ1v) is 12.8. The molecule has 1 aromatic carbocycles. The van der Waals surface area contributed by atoms with Gasteiger partial charge in [-0.3, -0.25) is 0 Å². The molecule has 0 saturated heterocycles. The van der Waals surface area contributed by atoms with Gasteiger partial charge in [0.05, 0.1) is 24.6 Å². The lowest BCUT2D eigenvalue weighted by atomic mass is 10.1. The Kier molecular flexibility index (Phi) is 7.50. The summed E-state index contributed by atoms with van der Waals surface area (Å²) in [7, 11) is -1.80. The van der Waals surface area contributed by atoms with Gasteiger partial charge in [-0.2, -0.15) is 0 Å². The predicted octanol–water partition coefficient (Wildman–Crippen LogP) is 6.07. The first-order valence-electron chi connectivity index (χ1n) is 9.88. The van der Waals surface area contributed by atoms with E-state index in [4.69, 9.17) is 13.9 Å². The average Bonchev–Trinajstić information content (AvgIpc) is 2.58. The Hall–Kier alpha value is -1.10. The van der Waals surface area contributed by atoms with Crippen molar-refractivity contribution in [1.82, 2.24) is 0 Å². The SMILES string of the molecule is CC[C@H]1CC(O[Si](C)(C)C(C)(C)C)=C[C@@H](CCOCc2ccccc2)O1. The van der Waals surface area contributed by atoms with E-state index in [9.17, 15) is 0 Å². The van der Waals surface area contributed by atoms with Crippen LogP contribution in [0.2, 0.25) is 18.1 Å². The third-order valence-corrected chi connectivity index (χ3v) is 9.86. The number of benzene rings is 1. The first-order chi connectivity index (χ1) is 12.2. The monoisotopic (exact) mass is 376 g/mol. The van der Waals surface area contributed by atoms with Crippen molar-refractivity contribution in [2.45, 2.75) is 83.9 Å². The first kappa shape index (κ1) is 21.2. The maximum absolute atomic E-state index is 6.56. The van der Waals surface area contributed by atoms with Gasteiger partial charge in [-0.15, -0.1) is 0 Å². The zero-order valence-corrected chi connectivity index (χ0v) is 18.4. The van der Waals surface area contributed by atoms with Crippen LogP contribution in [-0.4, -0.2) is 27.1 Å². The summed E-state index contributed by atoms with van der Waals surface area (Å²) in [5, 5.41) is 0.210. The van der Waals surface area contributed by atoms with Gasteiger partial charge < -0.3 is 13.9 Å². The van der Waals surface area contributed by atoms with Crippen LogP contribution in [-0.2, 0) is 20.5 Å². The quantitative estimate of drug-likeness (QED) is 0.407. The van der Waals surface area contributed by atoms with Gasteiger partial charge in [-0.05, 0) is 36.2 Å². The van der Waals surface area contributed by atoms with Crippen LogP contribution in [0, 0.1) is 0 Å². The molecule has 0 aromatic heterocycles. The second kappa shape index (κ2) is 9.20. The van der Waals surface area contributed by atoms with E-state index in [2.05, 4.69) is 59.0 Å². The molecular weight excluding hydrogens is 340 g/mol. The molecule has 1 heterocycles. The van der Waals surface area contributed by atoms with Gasteiger partial charge in [0.1, 0.15) is 0 Å². The molecular formula is C22H36O3Si. The van der Waals surface area contributed by atoms with Gasteiger partial charge in [-0.1, -0.05) is 58.0 Å². The van der Waals surface area contributed by atoms with Gasteiger partial charge in [0.25, 0.3) is 0 Å². The Balaban J connectivity index is 1.90. The number of hydrogen-bond donors (Lipinski definition) is 0. The Morgan fingerprint density at radius 1 is 1.15 bits per heavy atom. The van der Waals surface area contributed by atoms with Crippen LogP contribution in [0.1, 0.15) is 52.5 Å². The Bertz CT molecular complexity index is 575. The van der Waals surface area contributed by atoms with Gasteiger partial charge in [0.15, 0.2) is 0 Å². The molecule has 0 amide bonds. The maximum Gasteiger partial charge on any atom is 0.250 e. The molecule has 0 spiro atoms. The molecule has 1 aliphatic rings. The third kappa shape index (κ3) is 6.25. The molecule has 0 bridgehead atoms. The molecule has 0 saturated carbocycles. The molecule has 0 unspecified atom stereocenters. The zero-order chi connectivity index (χ0) is 19.2. The highest BCUT2D eigenvalue weighted by Crippen LogP contribution is 2.39. The molecule has 3 nitrogen and oxygen atoms in total. The lowest BCUT2D eigenvalue weighted by Gasteiger charge is -2.39. The number of rotatable bonds is 8. The topological polar surface area (TPSA) is 27.7 Å². The van der Waals surface area contributed by atoms with E-state index in [0.29, 0.717) is 13.2 Å². The highest BCUT2D eigenvalue weighted by Gasteiger charge is 2.40. The van der Waals surface area contributed by atoms with Crippen LogP contribution < -0.4 is 0 Å². The van der Waals surface area contributed by atoms with Crippen LogP contribution >= 0.6 is 0 Å². The van der Waals surface area contributed by atoms with Gasteiger partial charge in [-0.25, -0.2) is 0 Å². The maximum atomic E-state index is 6.56. The molecule has 146 valence electrons. The molecule has 0 aliphatic carbocycles. The molecule has 2 atom stereocenters. The summed E-state index contributed by atoms with van der Waals surface area (Å²) in [6, 6.07) is 10.3. The minimum atomic E-state index is -1.80. The van der Waals surface area contributed by atoms with Crippen molar-refractivity contribution in [3.8, 4) is 0 Å². The lowest BCUT2D eigenvalue weighted by molar-refractivity contribution is -0.0250. The summed E-state index contributed by atoms with van der Waals surface area (Å²) in [4.78, 5) is 0. The normalized spacial score (nSPS) is 21.4. The fourth-order valence-electron chi connectivity index (χ4n) is 2.75. The molecule has 1 aliphatic heterocycles. The fourth-order valence-corrected chi connectivity index (χ4v) is 3.86. The van der Waals surface area contributed by atoms with E-state index >= 15 is 0 Å². The number of ether oxygens (including phenoxy) is 2. The number of hydrogen-bond acceptors (Lipinski definition) is 3. The van der Waals surface area contributed by atoms with E-state index < -0.39 is 8.32 Å². The van der Waals surface area contributed by atoms with Crippen LogP contribution in [0.5, 0.6) is 0 Å². The minimum absolute atomic E-state index is 0.0873. The van der Waals surface area contributed by atoms with E-state index in [-0.39, 0.29) is 17.2 Å². The zero-order valence-electron chi connectivity index (χ0n) is 17.4. The lowest BCUT2D eigenvalue weighted by Crippen LogP contribution is -2.42. The largest absolute Gasteiger partial charge is 0.547 e. The van der Waals surface area contributed by atoms with E-state index in [1.54, 1.807) is 0 Å². The highest BCUT2D eigenvalue weighted by atomic mass is 28.4. The van der Waals surface area contributed by atoms with Crippen molar-refractivity contribution >= 4 is 8.32 Å². The Labute approximate surface area is 160 Å². The summed E-state index contributed by atoms with van der Waals surface area (Å²) in [6.45, 7) is 15.0. The standard InChI is InChI=1S/C22H36O3Si/c1-7-19-15-21(25-26(5,6)22(2,3)4)16-20(24-19)13-14-23-17-18-11-9-8-10-12-18/h8-12,16,19-20H,7,13-15,17H2,1-6H3/t19-,20+/m0/s1. The highest BCUT2D eigenvalue weighted by molar-refractivity contribution is 6.74. The van der Waals surface area contributed by atoms with Gasteiger partial charge in [0, 0.05) is 19.4 Å². The van der Waals surface area contributed by atoms with Crippen molar-refractivity contribution in [2.75, 3.05) is 6.61 Å². The summed E-state index contributed by atoms with van der Waals surface area (Å²) in [5.41, 5.74) is 1.21.